The van der Waals surface area contributed by atoms with Crippen LogP contribution in [0.15, 0.2) is 11.2 Å². The Morgan fingerprint density at radius 1 is 1.67 bits per heavy atom. The van der Waals surface area contributed by atoms with E-state index in [0.717, 1.165) is 10.6 Å². The average molecular weight is 185 g/mol. The van der Waals surface area contributed by atoms with Crippen LogP contribution in [-0.4, -0.2) is 23.3 Å². The number of nitrogens with zero attached hydrogens (tertiary/aromatic N) is 2. The van der Waals surface area contributed by atoms with Crippen molar-refractivity contribution in [1.29, 1.82) is 0 Å². The zero-order valence-corrected chi connectivity index (χ0v) is 7.89. The monoisotopic (exact) mass is 185 g/mol. The van der Waals surface area contributed by atoms with Gasteiger partial charge in [-0.05, 0) is 6.26 Å². The largest absolute Gasteiger partial charge is 0.467 e. The Bertz CT molecular complexity index is 267. The van der Waals surface area contributed by atoms with Gasteiger partial charge >= 0.3 is 6.01 Å². The lowest BCUT2D eigenvalue weighted by atomic mass is 10.3. The van der Waals surface area contributed by atoms with Crippen molar-refractivity contribution >= 4 is 11.8 Å². The van der Waals surface area contributed by atoms with Gasteiger partial charge < -0.3 is 10.5 Å². The first-order chi connectivity index (χ1) is 5.81. The van der Waals surface area contributed by atoms with Gasteiger partial charge in [0.05, 0.1) is 7.11 Å². The van der Waals surface area contributed by atoms with Gasteiger partial charge in [0.2, 0.25) is 0 Å². The zero-order valence-electron chi connectivity index (χ0n) is 7.07. The SMILES string of the molecule is COc1ncc(CN)c(SC)n1. The van der Waals surface area contributed by atoms with Crippen molar-refractivity contribution in [2.75, 3.05) is 13.4 Å². The average Bonchev–Trinajstić information content (AvgIpc) is 2.16. The van der Waals surface area contributed by atoms with E-state index in [0.29, 0.717) is 12.6 Å². The van der Waals surface area contributed by atoms with E-state index in [4.69, 9.17) is 10.5 Å². The molecule has 0 bridgehead atoms. The minimum absolute atomic E-state index is 0.386. The zero-order chi connectivity index (χ0) is 8.97. The maximum atomic E-state index is 5.48. The molecule has 0 atom stereocenters. The maximum Gasteiger partial charge on any atom is 0.317 e. The fourth-order valence-electron chi connectivity index (χ4n) is 0.791. The van der Waals surface area contributed by atoms with E-state index in [9.17, 15) is 0 Å². The second kappa shape index (κ2) is 4.27. The predicted octanol–water partition coefficient (Wildman–Crippen LogP) is 0.666. The molecule has 0 fully saturated rings. The van der Waals surface area contributed by atoms with Gasteiger partial charge in [-0.2, -0.15) is 4.98 Å². The predicted molar refractivity (Wildman–Crippen MR) is 48.3 cm³/mol. The molecule has 0 spiro atoms. The van der Waals surface area contributed by atoms with Gasteiger partial charge in [0, 0.05) is 18.3 Å². The highest BCUT2D eigenvalue weighted by Gasteiger charge is 2.03. The first kappa shape index (κ1) is 9.28. The van der Waals surface area contributed by atoms with Crippen molar-refractivity contribution in [1.82, 2.24) is 9.97 Å². The van der Waals surface area contributed by atoms with Gasteiger partial charge in [-0.3, -0.25) is 0 Å². The first-order valence-corrected chi connectivity index (χ1v) is 4.68. The molecular formula is C7H11N3OS. The molecule has 12 heavy (non-hydrogen) atoms. The van der Waals surface area contributed by atoms with Gasteiger partial charge in [0.15, 0.2) is 0 Å². The molecule has 1 rings (SSSR count). The van der Waals surface area contributed by atoms with E-state index in [1.807, 2.05) is 6.26 Å². The van der Waals surface area contributed by atoms with E-state index in [-0.39, 0.29) is 0 Å². The van der Waals surface area contributed by atoms with Crippen LogP contribution in [0.2, 0.25) is 0 Å². The molecule has 4 nitrogen and oxygen atoms in total. The van der Waals surface area contributed by atoms with E-state index < -0.39 is 0 Å². The van der Waals surface area contributed by atoms with E-state index >= 15 is 0 Å². The second-order valence-corrected chi connectivity index (χ2v) is 2.89. The number of hydrogen-bond acceptors (Lipinski definition) is 5. The van der Waals surface area contributed by atoms with Gasteiger partial charge in [-0.25, -0.2) is 4.98 Å². The van der Waals surface area contributed by atoms with Crippen molar-refractivity contribution in [3.05, 3.63) is 11.8 Å². The number of ether oxygens (including phenoxy) is 1. The third-order valence-electron chi connectivity index (χ3n) is 1.40. The molecule has 1 aromatic heterocycles. The fourth-order valence-corrected chi connectivity index (χ4v) is 1.36. The van der Waals surface area contributed by atoms with Gasteiger partial charge in [0.25, 0.3) is 0 Å². The fraction of sp³-hybridized carbons (Fsp3) is 0.429. The minimum Gasteiger partial charge on any atom is -0.467 e. The van der Waals surface area contributed by atoms with Gasteiger partial charge in [-0.15, -0.1) is 11.8 Å². The molecular weight excluding hydrogens is 174 g/mol. The number of thioether (sulfide) groups is 1. The van der Waals surface area contributed by atoms with Gasteiger partial charge in [0.1, 0.15) is 5.03 Å². The Morgan fingerprint density at radius 2 is 2.42 bits per heavy atom. The summed E-state index contributed by atoms with van der Waals surface area (Å²) in [5.41, 5.74) is 6.43. The third kappa shape index (κ3) is 1.86. The Kier molecular flexibility index (Phi) is 3.31. The van der Waals surface area contributed by atoms with Crippen LogP contribution in [0.25, 0.3) is 0 Å². The Hall–Kier alpha value is -0.810. The summed E-state index contributed by atoms with van der Waals surface area (Å²) >= 11 is 1.54. The molecule has 1 aromatic rings. The highest BCUT2D eigenvalue weighted by Crippen LogP contribution is 2.18. The summed E-state index contributed by atoms with van der Waals surface area (Å²) in [5, 5.41) is 0.879. The molecule has 66 valence electrons. The molecule has 2 N–H and O–H groups in total. The molecule has 0 saturated heterocycles. The smallest absolute Gasteiger partial charge is 0.317 e. The summed E-state index contributed by atoms with van der Waals surface area (Å²) in [6.07, 6.45) is 3.64. The van der Waals surface area contributed by atoms with Crippen LogP contribution in [-0.2, 0) is 6.54 Å². The minimum atomic E-state index is 0.386. The third-order valence-corrected chi connectivity index (χ3v) is 2.14. The summed E-state index contributed by atoms with van der Waals surface area (Å²) in [5.74, 6) is 0. The van der Waals surface area contributed by atoms with Crippen molar-refractivity contribution < 1.29 is 4.74 Å². The summed E-state index contributed by atoms with van der Waals surface area (Å²) in [6.45, 7) is 0.458. The Labute approximate surface area is 75.5 Å². The van der Waals surface area contributed by atoms with Crippen molar-refractivity contribution in [3.63, 3.8) is 0 Å². The number of hydrogen-bond donors (Lipinski definition) is 1. The molecule has 5 heteroatoms. The van der Waals surface area contributed by atoms with Crippen molar-refractivity contribution in [3.8, 4) is 6.01 Å². The molecule has 0 aromatic carbocycles. The molecule has 0 radical (unpaired) electrons. The lowest BCUT2D eigenvalue weighted by Gasteiger charge is -2.04. The topological polar surface area (TPSA) is 61.0 Å². The van der Waals surface area contributed by atoms with Gasteiger partial charge in [-0.1, -0.05) is 0 Å². The Morgan fingerprint density at radius 3 is 2.92 bits per heavy atom. The summed E-state index contributed by atoms with van der Waals surface area (Å²) in [6, 6.07) is 0.386. The molecule has 0 aliphatic rings. The lowest BCUT2D eigenvalue weighted by molar-refractivity contribution is 0.375. The summed E-state index contributed by atoms with van der Waals surface area (Å²) in [4.78, 5) is 8.08. The van der Waals surface area contributed by atoms with E-state index in [2.05, 4.69) is 9.97 Å². The maximum absolute atomic E-state index is 5.48. The standard InChI is InChI=1S/C7H11N3OS/c1-11-7-9-4-5(3-8)6(10-7)12-2/h4H,3,8H2,1-2H3. The summed E-state index contributed by atoms with van der Waals surface area (Å²) in [7, 11) is 1.54. The van der Waals surface area contributed by atoms with Crippen LogP contribution in [0.3, 0.4) is 0 Å². The molecule has 0 aliphatic carbocycles. The quantitative estimate of drug-likeness (QED) is 0.554. The van der Waals surface area contributed by atoms with Crippen LogP contribution in [0.4, 0.5) is 0 Å². The number of nitrogens with two attached hydrogens (primary N) is 1. The molecule has 0 amide bonds. The second-order valence-electron chi connectivity index (χ2n) is 2.10. The number of methoxy groups -OCH3 is 1. The van der Waals surface area contributed by atoms with E-state index in [1.54, 1.807) is 13.3 Å². The van der Waals surface area contributed by atoms with E-state index in [1.165, 1.54) is 11.8 Å². The van der Waals surface area contributed by atoms with Crippen LogP contribution in [0.5, 0.6) is 6.01 Å². The first-order valence-electron chi connectivity index (χ1n) is 3.45. The molecule has 1 heterocycles. The number of aromatic nitrogens is 2. The highest BCUT2D eigenvalue weighted by molar-refractivity contribution is 7.98. The van der Waals surface area contributed by atoms with Crippen LogP contribution in [0.1, 0.15) is 5.56 Å². The Balaban J connectivity index is 3.02. The van der Waals surface area contributed by atoms with Crippen LogP contribution < -0.4 is 10.5 Å². The van der Waals surface area contributed by atoms with Crippen LogP contribution >= 0.6 is 11.8 Å². The van der Waals surface area contributed by atoms with Crippen LogP contribution in [0, 0.1) is 0 Å². The molecule has 0 unspecified atom stereocenters. The lowest BCUT2D eigenvalue weighted by Crippen LogP contribution is -2.02. The summed E-state index contributed by atoms with van der Waals surface area (Å²) < 4.78 is 4.88. The molecule has 0 aliphatic heterocycles. The highest BCUT2D eigenvalue weighted by atomic mass is 32.2. The van der Waals surface area contributed by atoms with Crippen molar-refractivity contribution in [2.24, 2.45) is 5.73 Å². The van der Waals surface area contributed by atoms with Crippen molar-refractivity contribution in [2.45, 2.75) is 11.6 Å². The molecule has 0 saturated carbocycles. The number of rotatable bonds is 3. The normalized spacial score (nSPS) is 9.92.